The van der Waals surface area contributed by atoms with Crippen LogP contribution < -0.4 is 15.6 Å². The molecule has 1 heterocycles. The summed E-state index contributed by atoms with van der Waals surface area (Å²) < 4.78 is 5.51. The number of carbonyl (C=O) groups is 1. The van der Waals surface area contributed by atoms with E-state index in [1.807, 2.05) is 6.07 Å². The summed E-state index contributed by atoms with van der Waals surface area (Å²) in [5, 5.41) is 8.79. The van der Waals surface area contributed by atoms with Gasteiger partial charge in [-0.3, -0.25) is 15.6 Å². The highest BCUT2D eigenvalue weighted by Crippen LogP contribution is 2.23. The third kappa shape index (κ3) is 5.56. The normalized spacial score (nSPS) is 18.4. The Morgan fingerprint density at radius 2 is 1.93 bits per heavy atom. The number of likely N-dealkylation sites (N-methyl/N-ethyl adjacent to an activating group) is 1. The molecule has 2 aromatic rings. The summed E-state index contributed by atoms with van der Waals surface area (Å²) >= 11 is 0. The third-order valence-corrected chi connectivity index (χ3v) is 5.00. The van der Waals surface area contributed by atoms with Crippen molar-refractivity contribution in [3.8, 4) is 11.8 Å². The van der Waals surface area contributed by atoms with E-state index >= 15 is 0 Å². The van der Waals surface area contributed by atoms with Crippen LogP contribution in [0.25, 0.3) is 0 Å². The van der Waals surface area contributed by atoms with Gasteiger partial charge in [-0.15, -0.1) is 0 Å². The molecule has 6 nitrogen and oxygen atoms in total. The fraction of sp³-hybridized carbons (Fsp3) is 0.364. The highest BCUT2D eigenvalue weighted by Gasteiger charge is 2.24. The van der Waals surface area contributed by atoms with Crippen molar-refractivity contribution < 1.29 is 9.53 Å². The number of benzene rings is 2. The largest absolute Gasteiger partial charge is 0.484 e. The van der Waals surface area contributed by atoms with Gasteiger partial charge in [0.2, 0.25) is 0 Å². The molecular weight excluding hydrogens is 352 g/mol. The minimum Gasteiger partial charge on any atom is -0.484 e. The third-order valence-electron chi connectivity index (χ3n) is 5.00. The Kier molecular flexibility index (Phi) is 7.01. The van der Waals surface area contributed by atoms with Gasteiger partial charge in [-0.05, 0) is 49.1 Å². The Morgan fingerprint density at radius 3 is 2.64 bits per heavy atom. The molecule has 0 bridgehead atoms. The van der Waals surface area contributed by atoms with Crippen LogP contribution >= 0.6 is 0 Å². The monoisotopic (exact) mass is 378 g/mol. The first-order chi connectivity index (χ1) is 13.7. The number of carbonyl (C=O) groups excluding carboxylic acids is 1. The van der Waals surface area contributed by atoms with Gasteiger partial charge in [0.05, 0.1) is 11.6 Å². The highest BCUT2D eigenvalue weighted by atomic mass is 16.5. The molecule has 2 unspecified atom stereocenters. The molecule has 2 atom stereocenters. The zero-order valence-electron chi connectivity index (χ0n) is 16.1. The van der Waals surface area contributed by atoms with Crippen LogP contribution in [-0.4, -0.2) is 37.0 Å². The van der Waals surface area contributed by atoms with E-state index in [4.69, 9.17) is 10.00 Å². The SMILES string of the molecule is CN(CCCC1CC(c2ccccc2)NN1)C(=O)COc1ccc(C#N)cc1. The number of hydrogen-bond donors (Lipinski definition) is 2. The number of ether oxygens (including phenoxy) is 1. The van der Waals surface area contributed by atoms with Crippen LogP contribution in [0.1, 0.15) is 36.4 Å². The predicted molar refractivity (Wildman–Crippen MR) is 107 cm³/mol. The number of hydrogen-bond acceptors (Lipinski definition) is 5. The van der Waals surface area contributed by atoms with Gasteiger partial charge in [-0.1, -0.05) is 30.3 Å². The summed E-state index contributed by atoms with van der Waals surface area (Å²) in [6.45, 7) is 0.700. The average molecular weight is 378 g/mol. The molecule has 1 fully saturated rings. The van der Waals surface area contributed by atoms with E-state index in [2.05, 4.69) is 41.2 Å². The second kappa shape index (κ2) is 9.88. The Morgan fingerprint density at radius 1 is 1.18 bits per heavy atom. The number of nitrogens with zero attached hydrogens (tertiary/aromatic N) is 2. The number of nitriles is 1. The molecule has 0 radical (unpaired) electrons. The molecule has 2 N–H and O–H groups in total. The lowest BCUT2D eigenvalue weighted by Crippen LogP contribution is -2.34. The maximum atomic E-state index is 12.2. The van der Waals surface area contributed by atoms with Crippen molar-refractivity contribution in [1.82, 2.24) is 15.8 Å². The summed E-state index contributed by atoms with van der Waals surface area (Å²) in [6.07, 6.45) is 2.98. The molecule has 1 aliphatic rings. The molecular formula is C22H26N4O2. The molecule has 1 amide bonds. The number of rotatable bonds is 8. The maximum Gasteiger partial charge on any atom is 0.260 e. The van der Waals surface area contributed by atoms with Gasteiger partial charge >= 0.3 is 0 Å². The van der Waals surface area contributed by atoms with Crippen LogP contribution in [0.3, 0.4) is 0 Å². The molecule has 0 saturated carbocycles. The molecule has 1 saturated heterocycles. The zero-order chi connectivity index (χ0) is 19.8. The van der Waals surface area contributed by atoms with Gasteiger partial charge in [0.1, 0.15) is 5.75 Å². The van der Waals surface area contributed by atoms with E-state index in [9.17, 15) is 4.79 Å². The van der Waals surface area contributed by atoms with Crippen LogP contribution in [-0.2, 0) is 4.79 Å². The van der Waals surface area contributed by atoms with Crippen LogP contribution in [0.2, 0.25) is 0 Å². The van der Waals surface area contributed by atoms with Crippen molar-refractivity contribution in [2.24, 2.45) is 0 Å². The molecule has 1 aliphatic heterocycles. The number of amides is 1. The van der Waals surface area contributed by atoms with E-state index in [-0.39, 0.29) is 12.5 Å². The van der Waals surface area contributed by atoms with E-state index < -0.39 is 0 Å². The fourth-order valence-electron chi connectivity index (χ4n) is 3.30. The van der Waals surface area contributed by atoms with Crippen molar-refractivity contribution in [3.63, 3.8) is 0 Å². The summed E-state index contributed by atoms with van der Waals surface area (Å²) in [7, 11) is 1.80. The first kappa shape index (κ1) is 19.9. The van der Waals surface area contributed by atoms with Crippen molar-refractivity contribution in [2.75, 3.05) is 20.2 Å². The second-order valence-electron chi connectivity index (χ2n) is 7.07. The Bertz CT molecular complexity index is 802. The second-order valence-corrected chi connectivity index (χ2v) is 7.07. The summed E-state index contributed by atoms with van der Waals surface area (Å²) in [5.74, 6) is 0.540. The van der Waals surface area contributed by atoms with E-state index in [1.165, 1.54) is 5.56 Å². The van der Waals surface area contributed by atoms with Crippen LogP contribution in [0.4, 0.5) is 0 Å². The minimum atomic E-state index is -0.0518. The topological polar surface area (TPSA) is 77.4 Å². The maximum absolute atomic E-state index is 12.2. The van der Waals surface area contributed by atoms with Crippen molar-refractivity contribution >= 4 is 5.91 Å². The molecule has 28 heavy (non-hydrogen) atoms. The van der Waals surface area contributed by atoms with Crippen LogP contribution in [0.5, 0.6) is 5.75 Å². The van der Waals surface area contributed by atoms with Crippen molar-refractivity contribution in [3.05, 3.63) is 65.7 Å². The van der Waals surface area contributed by atoms with Gasteiger partial charge < -0.3 is 9.64 Å². The molecule has 6 heteroatoms. The zero-order valence-corrected chi connectivity index (χ0v) is 16.1. The molecule has 0 aliphatic carbocycles. The quantitative estimate of drug-likeness (QED) is 0.739. The van der Waals surface area contributed by atoms with Gasteiger partial charge in [0, 0.05) is 25.7 Å². The van der Waals surface area contributed by atoms with Gasteiger partial charge in [0.15, 0.2) is 6.61 Å². The highest BCUT2D eigenvalue weighted by molar-refractivity contribution is 5.77. The van der Waals surface area contributed by atoms with Crippen LogP contribution in [0, 0.1) is 11.3 Å². The Balaban J connectivity index is 1.34. The van der Waals surface area contributed by atoms with Crippen molar-refractivity contribution in [2.45, 2.75) is 31.3 Å². The number of nitrogens with one attached hydrogen (secondary N) is 2. The van der Waals surface area contributed by atoms with E-state index in [0.717, 1.165) is 19.3 Å². The summed E-state index contributed by atoms with van der Waals surface area (Å²) in [5.41, 5.74) is 8.59. The lowest BCUT2D eigenvalue weighted by atomic mass is 10.00. The van der Waals surface area contributed by atoms with Crippen molar-refractivity contribution in [1.29, 1.82) is 5.26 Å². The Hall–Kier alpha value is -2.88. The lowest BCUT2D eigenvalue weighted by Gasteiger charge is -2.18. The first-order valence-corrected chi connectivity index (χ1v) is 9.58. The van der Waals surface area contributed by atoms with Gasteiger partial charge in [0.25, 0.3) is 5.91 Å². The summed E-state index contributed by atoms with van der Waals surface area (Å²) in [6, 6.07) is 20.0. The fourth-order valence-corrected chi connectivity index (χ4v) is 3.30. The summed E-state index contributed by atoms with van der Waals surface area (Å²) in [4.78, 5) is 13.9. The average Bonchev–Trinajstić information content (AvgIpc) is 3.22. The molecule has 2 aromatic carbocycles. The van der Waals surface area contributed by atoms with Gasteiger partial charge in [-0.25, -0.2) is 0 Å². The predicted octanol–water partition coefficient (Wildman–Crippen LogP) is 2.78. The first-order valence-electron chi connectivity index (χ1n) is 9.58. The minimum absolute atomic E-state index is 0.00170. The van der Waals surface area contributed by atoms with E-state index in [1.54, 1.807) is 36.2 Å². The molecule has 0 spiro atoms. The molecule has 0 aromatic heterocycles. The van der Waals surface area contributed by atoms with Crippen LogP contribution in [0.15, 0.2) is 54.6 Å². The standard InChI is InChI=1S/C22H26N4O2/c1-26(22(27)16-28-20-11-9-17(15-23)10-12-20)13-5-8-19-14-21(25-24-19)18-6-3-2-4-7-18/h2-4,6-7,9-12,19,21,24-25H,5,8,13-14,16H2,1H3. The van der Waals surface area contributed by atoms with E-state index in [0.29, 0.717) is 29.9 Å². The number of hydrazine groups is 1. The van der Waals surface area contributed by atoms with Gasteiger partial charge in [-0.2, -0.15) is 5.26 Å². The lowest BCUT2D eigenvalue weighted by molar-refractivity contribution is -0.132. The molecule has 146 valence electrons. The molecule has 3 rings (SSSR count). The Labute approximate surface area is 166 Å². The smallest absolute Gasteiger partial charge is 0.260 e.